The summed E-state index contributed by atoms with van der Waals surface area (Å²) >= 11 is 3.00. The fourth-order valence-corrected chi connectivity index (χ4v) is 2.19. The summed E-state index contributed by atoms with van der Waals surface area (Å²) in [6.45, 7) is 4.91. The Morgan fingerprint density at radius 3 is 2.52 bits per heavy atom. The van der Waals surface area contributed by atoms with Gasteiger partial charge >= 0.3 is 6.18 Å². The third kappa shape index (κ3) is 5.00. The molecule has 0 aliphatic heterocycles. The minimum absolute atomic E-state index is 0.260. The van der Waals surface area contributed by atoms with E-state index < -0.39 is 17.6 Å². The predicted octanol–water partition coefficient (Wildman–Crippen LogP) is 3.97. The molecule has 118 valence electrons. The van der Waals surface area contributed by atoms with E-state index in [-0.39, 0.29) is 16.6 Å². The van der Waals surface area contributed by atoms with E-state index in [0.717, 1.165) is 6.07 Å². The first kappa shape index (κ1) is 18.0. The monoisotopic (exact) mass is 367 g/mol. The van der Waals surface area contributed by atoms with Crippen LogP contribution >= 0.6 is 15.9 Å². The van der Waals surface area contributed by atoms with Crippen molar-refractivity contribution in [2.45, 2.75) is 20.0 Å². The van der Waals surface area contributed by atoms with Gasteiger partial charge in [0.2, 0.25) is 0 Å². The molecule has 0 bridgehead atoms. The average Bonchev–Trinajstić information content (AvgIpc) is 2.42. The summed E-state index contributed by atoms with van der Waals surface area (Å²) in [6.07, 6.45) is -4.58. The summed E-state index contributed by atoms with van der Waals surface area (Å²) in [4.78, 5) is 13.6. The molecule has 0 fully saturated rings. The number of carbonyl (C=O) groups is 1. The van der Waals surface area contributed by atoms with Crippen molar-refractivity contribution in [3.05, 3.63) is 33.8 Å². The van der Waals surface area contributed by atoms with Gasteiger partial charge in [-0.1, -0.05) is 15.9 Å². The van der Waals surface area contributed by atoms with Gasteiger partial charge in [0.1, 0.15) is 0 Å². The Bertz CT molecular complexity index is 492. The largest absolute Gasteiger partial charge is 0.417 e. The zero-order valence-corrected chi connectivity index (χ0v) is 13.4. The Morgan fingerprint density at radius 2 is 2.00 bits per heavy atom. The number of carbonyl (C=O) groups excluding carboxylic acids is 1. The van der Waals surface area contributed by atoms with Gasteiger partial charge < -0.3 is 9.64 Å². The molecule has 0 N–H and O–H groups in total. The number of alkyl halides is 3. The Balaban J connectivity index is 3.05. The third-order valence-electron chi connectivity index (χ3n) is 2.90. The number of amides is 1. The normalized spacial score (nSPS) is 11.5. The molecule has 0 saturated heterocycles. The molecule has 0 aliphatic rings. The van der Waals surface area contributed by atoms with Crippen LogP contribution in [0.4, 0.5) is 13.2 Å². The fraction of sp³-hybridized carbons (Fsp3) is 0.500. The van der Waals surface area contributed by atoms with Crippen molar-refractivity contribution in [1.82, 2.24) is 4.90 Å². The lowest BCUT2D eigenvalue weighted by Crippen LogP contribution is -2.35. The molecule has 0 saturated carbocycles. The van der Waals surface area contributed by atoms with Gasteiger partial charge in [0.15, 0.2) is 0 Å². The first-order chi connectivity index (χ1) is 9.81. The van der Waals surface area contributed by atoms with Crippen LogP contribution in [0.2, 0.25) is 0 Å². The van der Waals surface area contributed by atoms with Crippen LogP contribution in [0.15, 0.2) is 22.7 Å². The number of halogens is 4. The van der Waals surface area contributed by atoms with Crippen molar-refractivity contribution in [1.29, 1.82) is 0 Å². The van der Waals surface area contributed by atoms with Crippen molar-refractivity contribution in [2.75, 3.05) is 26.3 Å². The summed E-state index contributed by atoms with van der Waals surface area (Å²) in [5.41, 5.74) is -1.28. The Labute approximate surface area is 130 Å². The van der Waals surface area contributed by atoms with Gasteiger partial charge in [-0.3, -0.25) is 4.79 Å². The molecular formula is C14H17BrF3NO2. The molecular weight excluding hydrogens is 351 g/mol. The molecule has 0 aromatic heterocycles. The summed E-state index contributed by atoms with van der Waals surface area (Å²) in [7, 11) is 0. The van der Waals surface area contributed by atoms with Crippen LogP contribution in [0, 0.1) is 0 Å². The van der Waals surface area contributed by atoms with Crippen LogP contribution in [0.3, 0.4) is 0 Å². The molecule has 0 atom stereocenters. The van der Waals surface area contributed by atoms with Crippen molar-refractivity contribution in [3.8, 4) is 0 Å². The maximum Gasteiger partial charge on any atom is 0.417 e. The van der Waals surface area contributed by atoms with Gasteiger partial charge in [-0.15, -0.1) is 0 Å². The van der Waals surface area contributed by atoms with Crippen molar-refractivity contribution >= 4 is 21.8 Å². The molecule has 7 heteroatoms. The van der Waals surface area contributed by atoms with Gasteiger partial charge in [-0.25, -0.2) is 0 Å². The van der Waals surface area contributed by atoms with E-state index in [1.54, 1.807) is 6.92 Å². The number of rotatable bonds is 6. The standard InChI is InChI=1S/C14H17BrF3NO2/c1-3-19(7-8-21-4-2)13(20)11-6-5-10(15)9-12(11)14(16,17)18/h5-6,9H,3-4,7-8H2,1-2H3. The maximum atomic E-state index is 13.0. The second kappa shape index (κ2) is 7.79. The number of benzene rings is 1. The molecule has 0 radical (unpaired) electrons. The molecule has 3 nitrogen and oxygen atoms in total. The van der Waals surface area contributed by atoms with Crippen molar-refractivity contribution in [3.63, 3.8) is 0 Å². The van der Waals surface area contributed by atoms with Crippen LogP contribution in [-0.2, 0) is 10.9 Å². The highest BCUT2D eigenvalue weighted by Gasteiger charge is 2.36. The Kier molecular flexibility index (Phi) is 6.67. The smallest absolute Gasteiger partial charge is 0.380 e. The second-order valence-corrected chi connectivity index (χ2v) is 5.19. The van der Waals surface area contributed by atoms with E-state index in [1.807, 2.05) is 6.92 Å². The molecule has 1 rings (SSSR count). The third-order valence-corrected chi connectivity index (χ3v) is 3.39. The Morgan fingerprint density at radius 1 is 1.33 bits per heavy atom. The minimum atomic E-state index is -4.58. The fourth-order valence-electron chi connectivity index (χ4n) is 1.83. The molecule has 0 unspecified atom stereocenters. The summed E-state index contributed by atoms with van der Waals surface area (Å²) in [5.74, 6) is -0.642. The molecule has 0 aliphatic carbocycles. The topological polar surface area (TPSA) is 29.5 Å². The van der Waals surface area contributed by atoms with Crippen LogP contribution < -0.4 is 0 Å². The Hall–Kier alpha value is -1.08. The zero-order valence-electron chi connectivity index (χ0n) is 11.8. The van der Waals surface area contributed by atoms with Crippen molar-refractivity contribution < 1.29 is 22.7 Å². The first-order valence-electron chi connectivity index (χ1n) is 6.55. The number of hydrogen-bond acceptors (Lipinski definition) is 2. The number of hydrogen-bond donors (Lipinski definition) is 0. The van der Waals surface area contributed by atoms with Gasteiger partial charge in [0, 0.05) is 24.2 Å². The van der Waals surface area contributed by atoms with Crippen LogP contribution in [0.1, 0.15) is 29.8 Å². The van der Waals surface area contributed by atoms with E-state index in [4.69, 9.17) is 4.74 Å². The highest BCUT2D eigenvalue weighted by molar-refractivity contribution is 9.10. The minimum Gasteiger partial charge on any atom is -0.380 e. The molecule has 1 aromatic rings. The van der Waals surface area contributed by atoms with Crippen LogP contribution in [0.5, 0.6) is 0 Å². The first-order valence-corrected chi connectivity index (χ1v) is 7.34. The molecule has 1 amide bonds. The molecule has 21 heavy (non-hydrogen) atoms. The van der Waals surface area contributed by atoms with E-state index >= 15 is 0 Å². The quantitative estimate of drug-likeness (QED) is 0.712. The lowest BCUT2D eigenvalue weighted by atomic mass is 10.1. The lowest BCUT2D eigenvalue weighted by Gasteiger charge is -2.23. The maximum absolute atomic E-state index is 13.0. The van der Waals surface area contributed by atoms with Crippen molar-refractivity contribution in [2.24, 2.45) is 0 Å². The van der Waals surface area contributed by atoms with E-state index in [9.17, 15) is 18.0 Å². The summed E-state index contributed by atoms with van der Waals surface area (Å²) < 4.78 is 44.6. The van der Waals surface area contributed by atoms with Gasteiger partial charge in [0.05, 0.1) is 17.7 Å². The highest BCUT2D eigenvalue weighted by atomic mass is 79.9. The summed E-state index contributed by atoms with van der Waals surface area (Å²) in [5, 5.41) is 0. The van der Waals surface area contributed by atoms with E-state index in [1.165, 1.54) is 17.0 Å². The number of nitrogens with zero attached hydrogens (tertiary/aromatic N) is 1. The molecule has 0 heterocycles. The van der Waals surface area contributed by atoms with E-state index in [0.29, 0.717) is 19.8 Å². The lowest BCUT2D eigenvalue weighted by molar-refractivity contribution is -0.138. The number of likely N-dealkylation sites (N-methyl/N-ethyl adjacent to an activating group) is 1. The van der Waals surface area contributed by atoms with Gasteiger partial charge in [-0.2, -0.15) is 13.2 Å². The highest BCUT2D eigenvalue weighted by Crippen LogP contribution is 2.34. The van der Waals surface area contributed by atoms with Gasteiger partial charge in [-0.05, 0) is 32.0 Å². The second-order valence-electron chi connectivity index (χ2n) is 4.27. The average molecular weight is 368 g/mol. The molecule has 0 spiro atoms. The van der Waals surface area contributed by atoms with Crippen LogP contribution in [0.25, 0.3) is 0 Å². The zero-order chi connectivity index (χ0) is 16.0. The number of ether oxygens (including phenoxy) is 1. The predicted molar refractivity (Wildman–Crippen MR) is 77.2 cm³/mol. The van der Waals surface area contributed by atoms with Crippen LogP contribution in [-0.4, -0.2) is 37.1 Å². The van der Waals surface area contributed by atoms with E-state index in [2.05, 4.69) is 15.9 Å². The van der Waals surface area contributed by atoms with Gasteiger partial charge in [0.25, 0.3) is 5.91 Å². The molecule has 1 aromatic carbocycles. The SMILES string of the molecule is CCOCCN(CC)C(=O)c1ccc(Br)cc1C(F)(F)F. The summed E-state index contributed by atoms with van der Waals surface area (Å²) in [6, 6.07) is 3.54.